The normalized spacial score (nSPS) is 11.1. The van der Waals surface area contributed by atoms with Gasteiger partial charge in [-0.25, -0.2) is 0 Å². The van der Waals surface area contributed by atoms with E-state index in [1.165, 1.54) is 0 Å². The fourth-order valence-electron chi connectivity index (χ4n) is 1.98. The van der Waals surface area contributed by atoms with E-state index in [0.717, 1.165) is 11.3 Å². The van der Waals surface area contributed by atoms with Gasteiger partial charge in [-0.2, -0.15) is 0 Å². The van der Waals surface area contributed by atoms with Crippen molar-refractivity contribution in [1.29, 1.82) is 0 Å². The zero-order valence-electron chi connectivity index (χ0n) is 13.0. The average Bonchev–Trinajstić information content (AvgIpc) is 2.44. The molecule has 0 radical (unpaired) electrons. The van der Waals surface area contributed by atoms with Gasteiger partial charge in [-0.15, -0.1) is 0 Å². The SMILES string of the molecule is CC(C)(C)Nc1cncc(C(=O)NCc2ccccc2Cl)c1. The number of nitrogens with one attached hydrogen (secondary N) is 2. The van der Waals surface area contributed by atoms with Crippen molar-refractivity contribution in [1.82, 2.24) is 10.3 Å². The minimum atomic E-state index is -0.176. The first kappa shape index (κ1) is 16.3. The van der Waals surface area contributed by atoms with Gasteiger partial charge in [0.05, 0.1) is 11.3 Å². The number of rotatable bonds is 4. The topological polar surface area (TPSA) is 54.0 Å². The number of amides is 1. The molecular weight excluding hydrogens is 298 g/mol. The van der Waals surface area contributed by atoms with Crippen molar-refractivity contribution in [2.24, 2.45) is 0 Å². The van der Waals surface area contributed by atoms with Crippen molar-refractivity contribution in [3.05, 3.63) is 58.9 Å². The van der Waals surface area contributed by atoms with Gasteiger partial charge in [-0.3, -0.25) is 9.78 Å². The number of carbonyl (C=O) groups excluding carboxylic acids is 1. The summed E-state index contributed by atoms with van der Waals surface area (Å²) in [4.78, 5) is 16.3. The third-order valence-electron chi connectivity index (χ3n) is 2.92. The second kappa shape index (κ2) is 6.79. The van der Waals surface area contributed by atoms with Crippen LogP contribution in [0.1, 0.15) is 36.7 Å². The summed E-state index contributed by atoms with van der Waals surface area (Å²) in [6, 6.07) is 9.24. The van der Waals surface area contributed by atoms with E-state index in [4.69, 9.17) is 11.6 Å². The maximum Gasteiger partial charge on any atom is 0.253 e. The Morgan fingerprint density at radius 1 is 1.23 bits per heavy atom. The van der Waals surface area contributed by atoms with Crippen molar-refractivity contribution < 1.29 is 4.79 Å². The number of carbonyl (C=O) groups is 1. The van der Waals surface area contributed by atoms with Crippen LogP contribution in [0.3, 0.4) is 0 Å². The third kappa shape index (κ3) is 4.74. The van der Waals surface area contributed by atoms with E-state index < -0.39 is 0 Å². The highest BCUT2D eigenvalue weighted by Gasteiger charge is 2.12. The van der Waals surface area contributed by atoms with Gasteiger partial charge in [0.15, 0.2) is 0 Å². The van der Waals surface area contributed by atoms with Gasteiger partial charge in [0.1, 0.15) is 0 Å². The Bertz CT molecular complexity index is 665. The molecule has 0 fully saturated rings. The van der Waals surface area contributed by atoms with Crippen molar-refractivity contribution in [3.8, 4) is 0 Å². The second-order valence-electron chi connectivity index (χ2n) is 6.11. The lowest BCUT2D eigenvalue weighted by molar-refractivity contribution is 0.0950. The molecule has 4 nitrogen and oxygen atoms in total. The van der Waals surface area contributed by atoms with Crippen molar-refractivity contribution in [3.63, 3.8) is 0 Å². The van der Waals surface area contributed by atoms with Crippen LogP contribution in [-0.2, 0) is 6.54 Å². The van der Waals surface area contributed by atoms with Crippen LogP contribution in [-0.4, -0.2) is 16.4 Å². The Balaban J connectivity index is 2.04. The number of nitrogens with zero attached hydrogens (tertiary/aromatic N) is 1. The molecule has 1 aromatic carbocycles. The zero-order chi connectivity index (χ0) is 16.2. The molecule has 0 saturated carbocycles. The van der Waals surface area contributed by atoms with Crippen LogP contribution in [0.5, 0.6) is 0 Å². The summed E-state index contributed by atoms with van der Waals surface area (Å²) >= 11 is 6.08. The van der Waals surface area contributed by atoms with E-state index in [-0.39, 0.29) is 11.4 Å². The van der Waals surface area contributed by atoms with E-state index >= 15 is 0 Å². The number of benzene rings is 1. The first-order valence-corrected chi connectivity index (χ1v) is 7.48. The van der Waals surface area contributed by atoms with Gasteiger partial charge in [-0.05, 0) is 38.5 Å². The highest BCUT2D eigenvalue weighted by atomic mass is 35.5. The van der Waals surface area contributed by atoms with Gasteiger partial charge < -0.3 is 10.6 Å². The van der Waals surface area contributed by atoms with Crippen LogP contribution in [0.15, 0.2) is 42.7 Å². The molecule has 1 aromatic heterocycles. The first-order chi connectivity index (χ1) is 10.3. The number of hydrogen-bond donors (Lipinski definition) is 2. The molecule has 0 spiro atoms. The summed E-state index contributed by atoms with van der Waals surface area (Å²) in [5.41, 5.74) is 2.13. The summed E-state index contributed by atoms with van der Waals surface area (Å²) < 4.78 is 0. The molecule has 2 rings (SSSR count). The van der Waals surface area contributed by atoms with Crippen molar-refractivity contribution in [2.45, 2.75) is 32.9 Å². The number of anilines is 1. The van der Waals surface area contributed by atoms with Crippen LogP contribution < -0.4 is 10.6 Å². The molecule has 0 aliphatic rings. The lowest BCUT2D eigenvalue weighted by Gasteiger charge is -2.22. The summed E-state index contributed by atoms with van der Waals surface area (Å²) in [5, 5.41) is 6.79. The van der Waals surface area contributed by atoms with Gasteiger partial charge in [0.25, 0.3) is 5.91 Å². The maximum atomic E-state index is 12.2. The molecule has 0 atom stereocenters. The van der Waals surface area contributed by atoms with Crippen molar-refractivity contribution in [2.75, 3.05) is 5.32 Å². The summed E-state index contributed by atoms with van der Waals surface area (Å²) in [5.74, 6) is -0.176. The summed E-state index contributed by atoms with van der Waals surface area (Å²) in [7, 11) is 0. The number of halogens is 1. The fourth-order valence-corrected chi connectivity index (χ4v) is 2.19. The highest BCUT2D eigenvalue weighted by molar-refractivity contribution is 6.31. The van der Waals surface area contributed by atoms with Crippen LogP contribution >= 0.6 is 11.6 Å². The Morgan fingerprint density at radius 2 is 1.95 bits per heavy atom. The van der Waals surface area contributed by atoms with Gasteiger partial charge in [0, 0.05) is 29.5 Å². The maximum absolute atomic E-state index is 12.2. The number of aromatic nitrogens is 1. The molecule has 0 bridgehead atoms. The number of hydrogen-bond acceptors (Lipinski definition) is 3. The molecule has 0 aliphatic carbocycles. The van der Waals surface area contributed by atoms with Gasteiger partial charge in [0.2, 0.25) is 0 Å². The Kier molecular flexibility index (Phi) is 5.03. The predicted molar refractivity (Wildman–Crippen MR) is 90.2 cm³/mol. The molecule has 22 heavy (non-hydrogen) atoms. The third-order valence-corrected chi connectivity index (χ3v) is 3.29. The van der Waals surface area contributed by atoms with E-state index in [2.05, 4.69) is 36.4 Å². The average molecular weight is 318 g/mol. The Hall–Kier alpha value is -2.07. The minimum Gasteiger partial charge on any atom is -0.379 e. The van der Waals surface area contributed by atoms with E-state index in [1.54, 1.807) is 24.5 Å². The fraction of sp³-hybridized carbons (Fsp3) is 0.294. The summed E-state index contributed by atoms with van der Waals surface area (Å²) in [6.45, 7) is 6.54. The smallest absolute Gasteiger partial charge is 0.253 e. The van der Waals surface area contributed by atoms with Gasteiger partial charge in [-0.1, -0.05) is 29.8 Å². The molecular formula is C17H20ClN3O. The van der Waals surface area contributed by atoms with Crippen LogP contribution in [0, 0.1) is 0 Å². The quantitative estimate of drug-likeness (QED) is 0.900. The number of pyridine rings is 1. The first-order valence-electron chi connectivity index (χ1n) is 7.10. The van der Waals surface area contributed by atoms with E-state index in [0.29, 0.717) is 17.1 Å². The molecule has 0 aliphatic heterocycles. The second-order valence-corrected chi connectivity index (χ2v) is 6.52. The molecule has 5 heteroatoms. The molecule has 1 amide bonds. The Morgan fingerprint density at radius 3 is 2.64 bits per heavy atom. The lowest BCUT2D eigenvalue weighted by atomic mass is 10.1. The largest absolute Gasteiger partial charge is 0.379 e. The zero-order valence-corrected chi connectivity index (χ0v) is 13.7. The minimum absolute atomic E-state index is 0.0889. The van der Waals surface area contributed by atoms with Crippen LogP contribution in [0.4, 0.5) is 5.69 Å². The van der Waals surface area contributed by atoms with Gasteiger partial charge >= 0.3 is 0 Å². The highest BCUT2D eigenvalue weighted by Crippen LogP contribution is 2.16. The molecule has 0 saturated heterocycles. The summed E-state index contributed by atoms with van der Waals surface area (Å²) in [6.07, 6.45) is 3.26. The predicted octanol–water partition coefficient (Wildman–Crippen LogP) is 3.88. The standard InChI is InChI=1S/C17H20ClN3O/c1-17(2,3)21-14-8-13(9-19-11-14)16(22)20-10-12-6-4-5-7-15(12)18/h4-9,11,21H,10H2,1-3H3,(H,20,22). The van der Waals surface area contributed by atoms with Crippen molar-refractivity contribution >= 4 is 23.2 Å². The molecule has 116 valence electrons. The van der Waals surface area contributed by atoms with Crippen LogP contribution in [0.2, 0.25) is 5.02 Å². The molecule has 1 heterocycles. The molecule has 2 aromatic rings. The van der Waals surface area contributed by atoms with E-state index in [9.17, 15) is 4.79 Å². The van der Waals surface area contributed by atoms with Crippen LogP contribution in [0.25, 0.3) is 0 Å². The Labute approximate surface area is 135 Å². The lowest BCUT2D eigenvalue weighted by Crippen LogP contribution is -2.27. The monoisotopic (exact) mass is 317 g/mol. The van der Waals surface area contributed by atoms with E-state index in [1.807, 2.05) is 18.2 Å². The molecule has 0 unspecified atom stereocenters. The molecule has 2 N–H and O–H groups in total.